The van der Waals surface area contributed by atoms with Crippen LogP contribution in [0.25, 0.3) is 0 Å². The molecule has 2 unspecified atom stereocenters. The summed E-state index contributed by atoms with van der Waals surface area (Å²) in [6.07, 6.45) is 6.98. The zero-order chi connectivity index (χ0) is 19.5. The van der Waals surface area contributed by atoms with Crippen LogP contribution in [0.4, 0.5) is 0 Å². The van der Waals surface area contributed by atoms with Crippen molar-refractivity contribution < 1.29 is 4.43 Å². The van der Waals surface area contributed by atoms with Crippen LogP contribution in [0.2, 0.25) is 18.1 Å². The topological polar surface area (TPSA) is 9.23 Å². The number of hydrogen-bond acceptors (Lipinski definition) is 1. The molecule has 0 aliphatic heterocycles. The number of hydrogen-bond donors (Lipinski definition) is 0. The van der Waals surface area contributed by atoms with Crippen LogP contribution in [0.5, 0.6) is 0 Å². The first-order chi connectivity index (χ1) is 12.0. The first-order valence-electron chi connectivity index (χ1n) is 9.77. The first kappa shape index (κ1) is 21.9. The van der Waals surface area contributed by atoms with Gasteiger partial charge in [-0.3, -0.25) is 0 Å². The van der Waals surface area contributed by atoms with E-state index in [0.29, 0.717) is 5.92 Å². The van der Waals surface area contributed by atoms with Crippen molar-refractivity contribution in [2.45, 2.75) is 77.6 Å². The van der Waals surface area contributed by atoms with Gasteiger partial charge < -0.3 is 4.43 Å². The highest BCUT2D eigenvalue weighted by Crippen LogP contribution is 2.43. The molecule has 0 radical (unpaired) electrons. The van der Waals surface area contributed by atoms with Gasteiger partial charge in [0.15, 0.2) is 8.32 Å². The molecule has 0 heterocycles. The molecule has 3 heteroatoms. The molecule has 0 fully saturated rings. The van der Waals surface area contributed by atoms with Crippen molar-refractivity contribution in [1.29, 1.82) is 0 Å². The van der Waals surface area contributed by atoms with E-state index in [-0.39, 0.29) is 11.1 Å². The minimum absolute atomic E-state index is 0.151. The predicted octanol–water partition coefficient (Wildman–Crippen LogP) is 8.05. The van der Waals surface area contributed by atoms with Gasteiger partial charge in [0.25, 0.3) is 0 Å². The maximum absolute atomic E-state index is 6.96. The number of halogens is 1. The van der Waals surface area contributed by atoms with Crippen molar-refractivity contribution in [2.24, 2.45) is 5.92 Å². The van der Waals surface area contributed by atoms with Gasteiger partial charge in [-0.2, -0.15) is 0 Å². The molecular formula is C23H35IOSi. The van der Waals surface area contributed by atoms with Gasteiger partial charge in [0, 0.05) is 3.57 Å². The second kappa shape index (κ2) is 8.74. The summed E-state index contributed by atoms with van der Waals surface area (Å²) in [6.45, 7) is 18.4. The van der Waals surface area contributed by atoms with Crippen molar-refractivity contribution in [1.82, 2.24) is 0 Å². The molecule has 144 valence electrons. The van der Waals surface area contributed by atoms with E-state index in [9.17, 15) is 0 Å². The van der Waals surface area contributed by atoms with E-state index < -0.39 is 8.32 Å². The Balaban J connectivity index is 2.32. The second-order valence-electron chi connectivity index (χ2n) is 9.27. The van der Waals surface area contributed by atoms with Crippen LogP contribution >= 0.6 is 22.6 Å². The maximum atomic E-state index is 6.96. The van der Waals surface area contributed by atoms with Gasteiger partial charge in [-0.15, -0.1) is 0 Å². The normalized spacial score (nSPS) is 20.5. The quantitative estimate of drug-likeness (QED) is 0.234. The molecule has 1 nitrogen and oxygen atoms in total. The molecule has 1 aromatic carbocycles. The first-order valence-corrected chi connectivity index (χ1v) is 13.8. The average molecular weight is 483 g/mol. The van der Waals surface area contributed by atoms with E-state index in [0.717, 1.165) is 25.7 Å². The van der Waals surface area contributed by atoms with Gasteiger partial charge in [0.05, 0.1) is 6.10 Å². The molecule has 0 saturated carbocycles. The fourth-order valence-corrected chi connectivity index (χ4v) is 5.23. The third-order valence-electron chi connectivity index (χ3n) is 6.16. The monoisotopic (exact) mass is 482 g/mol. The maximum Gasteiger partial charge on any atom is 0.192 e. The Bertz CT molecular complexity index is 669. The minimum atomic E-state index is -1.85. The molecule has 2 rings (SSSR count). The van der Waals surface area contributed by atoms with E-state index in [1.807, 2.05) is 0 Å². The lowest BCUT2D eigenvalue weighted by Gasteiger charge is -2.40. The van der Waals surface area contributed by atoms with Crippen LogP contribution < -0.4 is 0 Å². The van der Waals surface area contributed by atoms with E-state index >= 15 is 0 Å². The van der Waals surface area contributed by atoms with Crippen LogP contribution in [0.3, 0.4) is 0 Å². The molecule has 1 aliphatic rings. The lowest BCUT2D eigenvalue weighted by Crippen LogP contribution is -2.42. The fraction of sp³-hybridized carbons (Fsp3) is 0.565. The largest absolute Gasteiger partial charge is 0.410 e. The summed E-state index contributed by atoms with van der Waals surface area (Å²) < 4.78 is 8.27. The van der Waals surface area contributed by atoms with Gasteiger partial charge in [0.1, 0.15) is 0 Å². The summed E-state index contributed by atoms with van der Waals surface area (Å²) in [4.78, 5) is 0. The molecule has 0 amide bonds. The van der Waals surface area contributed by atoms with Crippen molar-refractivity contribution in [3.63, 3.8) is 0 Å². The van der Waals surface area contributed by atoms with Crippen molar-refractivity contribution in [3.05, 3.63) is 57.2 Å². The molecule has 0 N–H and O–H groups in total. The zero-order valence-corrected chi connectivity index (χ0v) is 20.5. The standard InChI is InChI=1S/C23H35IOSi/c1-17-12-14-18(2)19(15-13-17)16-22(20-10-8-9-11-21(20)24)25-26(6,7)23(3,4)5/h8-11,13,19,22H,2,12,14-16H2,1,3-7H3. The van der Waals surface area contributed by atoms with Crippen LogP contribution in [0, 0.1) is 9.49 Å². The Labute approximate surface area is 175 Å². The smallest absolute Gasteiger partial charge is 0.192 e. The third-order valence-corrected chi connectivity index (χ3v) is 11.6. The third kappa shape index (κ3) is 5.55. The summed E-state index contributed by atoms with van der Waals surface area (Å²) in [5.41, 5.74) is 4.24. The van der Waals surface area contributed by atoms with Gasteiger partial charge in [0.2, 0.25) is 0 Å². The van der Waals surface area contributed by atoms with Crippen molar-refractivity contribution in [2.75, 3.05) is 0 Å². The lowest BCUT2D eigenvalue weighted by atomic mass is 9.88. The Morgan fingerprint density at radius 1 is 1.23 bits per heavy atom. The molecule has 0 bridgehead atoms. The lowest BCUT2D eigenvalue weighted by molar-refractivity contribution is 0.157. The molecule has 1 aromatic rings. The van der Waals surface area contributed by atoms with Crippen molar-refractivity contribution >= 4 is 30.9 Å². The highest BCUT2D eigenvalue weighted by molar-refractivity contribution is 14.1. The fourth-order valence-electron chi connectivity index (χ4n) is 3.20. The Kier molecular flexibility index (Phi) is 7.36. The van der Waals surface area contributed by atoms with Gasteiger partial charge >= 0.3 is 0 Å². The zero-order valence-electron chi connectivity index (χ0n) is 17.4. The predicted molar refractivity (Wildman–Crippen MR) is 125 cm³/mol. The molecular weight excluding hydrogens is 447 g/mol. The second-order valence-corrected chi connectivity index (χ2v) is 15.2. The number of allylic oxidation sites excluding steroid dienone is 3. The molecule has 0 saturated heterocycles. The van der Waals surface area contributed by atoms with Gasteiger partial charge in [-0.1, -0.05) is 62.8 Å². The summed E-state index contributed by atoms with van der Waals surface area (Å²) in [6, 6.07) is 8.71. The van der Waals surface area contributed by atoms with Crippen LogP contribution in [-0.2, 0) is 4.43 Å². The molecule has 2 atom stereocenters. The molecule has 0 aromatic heterocycles. The minimum Gasteiger partial charge on any atom is -0.410 e. The molecule has 26 heavy (non-hydrogen) atoms. The van der Waals surface area contributed by atoms with E-state index in [2.05, 4.69) is 100 Å². The van der Waals surface area contributed by atoms with E-state index in [1.54, 1.807) is 0 Å². The van der Waals surface area contributed by atoms with Crippen LogP contribution in [0.15, 0.2) is 48.1 Å². The molecule has 0 spiro atoms. The SMILES string of the molecule is C=C1CCC(C)=CCC1CC(O[Si](C)(C)C(C)(C)C)c1ccccc1I. The van der Waals surface area contributed by atoms with Crippen LogP contribution in [-0.4, -0.2) is 8.32 Å². The van der Waals surface area contributed by atoms with Gasteiger partial charge in [-0.25, -0.2) is 0 Å². The summed E-state index contributed by atoms with van der Waals surface area (Å²) >= 11 is 2.46. The number of benzene rings is 1. The summed E-state index contributed by atoms with van der Waals surface area (Å²) in [5.74, 6) is 0.512. The average Bonchev–Trinajstić information content (AvgIpc) is 2.69. The molecule has 1 aliphatic carbocycles. The van der Waals surface area contributed by atoms with E-state index in [1.165, 1.54) is 20.3 Å². The highest BCUT2D eigenvalue weighted by atomic mass is 127. The van der Waals surface area contributed by atoms with Crippen molar-refractivity contribution in [3.8, 4) is 0 Å². The summed E-state index contributed by atoms with van der Waals surface area (Å²) in [7, 11) is -1.85. The Hall–Kier alpha value is -0.393. The summed E-state index contributed by atoms with van der Waals surface area (Å²) in [5, 5.41) is 0.211. The highest BCUT2D eigenvalue weighted by Gasteiger charge is 2.40. The van der Waals surface area contributed by atoms with Gasteiger partial charge in [-0.05, 0) is 90.9 Å². The van der Waals surface area contributed by atoms with E-state index in [4.69, 9.17) is 4.43 Å². The Morgan fingerprint density at radius 3 is 2.50 bits per heavy atom. The number of rotatable bonds is 5. The van der Waals surface area contributed by atoms with Crippen LogP contribution in [0.1, 0.15) is 65.0 Å². The Morgan fingerprint density at radius 2 is 1.88 bits per heavy atom.